The first-order chi connectivity index (χ1) is 10.6. The van der Waals surface area contributed by atoms with Crippen molar-refractivity contribution in [2.24, 2.45) is 7.05 Å². The van der Waals surface area contributed by atoms with Crippen LogP contribution in [0.5, 0.6) is 0 Å². The molecule has 6 nitrogen and oxygen atoms in total. The average molecular weight is 307 g/mol. The molecule has 6 heteroatoms. The Morgan fingerprint density at radius 1 is 1.23 bits per heavy atom. The van der Waals surface area contributed by atoms with Crippen LogP contribution in [0.25, 0.3) is 0 Å². The largest absolute Gasteiger partial charge is 0.374 e. The van der Waals surface area contributed by atoms with Crippen molar-refractivity contribution in [2.45, 2.75) is 25.6 Å². The predicted octanol–water partition coefficient (Wildman–Crippen LogP) is 0.257. The number of hydrogen-bond donors (Lipinski definition) is 0. The minimum Gasteiger partial charge on any atom is -0.374 e. The van der Waals surface area contributed by atoms with E-state index in [2.05, 4.69) is 45.3 Å². The van der Waals surface area contributed by atoms with Gasteiger partial charge >= 0.3 is 0 Å². The molecule has 124 valence electrons. The van der Waals surface area contributed by atoms with Crippen molar-refractivity contribution in [1.82, 2.24) is 24.3 Å². The Balaban J connectivity index is 1.48. The van der Waals surface area contributed by atoms with Crippen LogP contribution in [0.3, 0.4) is 0 Å². The molecule has 0 radical (unpaired) electrons. The van der Waals surface area contributed by atoms with E-state index in [-0.39, 0.29) is 0 Å². The van der Waals surface area contributed by atoms with Crippen molar-refractivity contribution in [3.63, 3.8) is 0 Å². The zero-order chi connectivity index (χ0) is 15.5. The van der Waals surface area contributed by atoms with Gasteiger partial charge in [-0.3, -0.25) is 9.80 Å². The Bertz CT molecular complexity index is 477. The summed E-state index contributed by atoms with van der Waals surface area (Å²) in [6.07, 6.45) is 4.27. The molecular formula is C16H29N5O. The summed E-state index contributed by atoms with van der Waals surface area (Å²) in [5.41, 5.74) is 0. The normalized spacial score (nSPS) is 29.0. The lowest BCUT2D eigenvalue weighted by atomic mass is 10.1. The molecule has 0 aromatic carbocycles. The number of morpholine rings is 1. The summed E-state index contributed by atoms with van der Waals surface area (Å²) >= 11 is 0. The van der Waals surface area contributed by atoms with Gasteiger partial charge in [0.25, 0.3) is 0 Å². The lowest BCUT2D eigenvalue weighted by Gasteiger charge is -2.41. The maximum Gasteiger partial charge on any atom is 0.122 e. The smallest absolute Gasteiger partial charge is 0.122 e. The molecule has 0 aliphatic carbocycles. The van der Waals surface area contributed by atoms with Gasteiger partial charge in [0.15, 0.2) is 0 Å². The molecule has 0 spiro atoms. The van der Waals surface area contributed by atoms with Gasteiger partial charge in [0.2, 0.25) is 0 Å². The molecule has 22 heavy (non-hydrogen) atoms. The molecule has 1 aromatic rings. The Morgan fingerprint density at radius 2 is 2.09 bits per heavy atom. The number of ether oxygens (including phenoxy) is 1. The topological polar surface area (TPSA) is 36.8 Å². The van der Waals surface area contributed by atoms with Crippen molar-refractivity contribution in [3.05, 3.63) is 18.2 Å². The van der Waals surface area contributed by atoms with E-state index in [1.54, 1.807) is 0 Å². The number of likely N-dealkylation sites (N-methyl/N-ethyl adjacent to an activating group) is 1. The molecule has 2 fully saturated rings. The highest BCUT2D eigenvalue weighted by Crippen LogP contribution is 2.14. The summed E-state index contributed by atoms with van der Waals surface area (Å²) in [5, 5.41) is 0. The number of nitrogens with zero attached hydrogens (tertiary/aromatic N) is 5. The van der Waals surface area contributed by atoms with E-state index < -0.39 is 0 Å². The Hall–Kier alpha value is -0.950. The molecular weight excluding hydrogens is 278 g/mol. The first kappa shape index (κ1) is 15.9. The summed E-state index contributed by atoms with van der Waals surface area (Å²) in [7, 11) is 4.25. The van der Waals surface area contributed by atoms with E-state index in [1.165, 1.54) is 0 Å². The minimum absolute atomic E-state index is 0.368. The third-order valence-corrected chi connectivity index (χ3v) is 4.92. The van der Waals surface area contributed by atoms with Crippen LogP contribution < -0.4 is 0 Å². The monoisotopic (exact) mass is 307 g/mol. The van der Waals surface area contributed by atoms with Gasteiger partial charge in [-0.1, -0.05) is 0 Å². The predicted molar refractivity (Wildman–Crippen MR) is 86.8 cm³/mol. The molecule has 0 bridgehead atoms. The number of aromatic nitrogens is 2. The molecule has 2 aliphatic rings. The first-order valence-electron chi connectivity index (χ1n) is 8.34. The highest BCUT2D eigenvalue weighted by molar-refractivity contribution is 4.93. The van der Waals surface area contributed by atoms with E-state index in [4.69, 9.17) is 4.74 Å². The fourth-order valence-corrected chi connectivity index (χ4v) is 3.47. The minimum atomic E-state index is 0.368. The maximum atomic E-state index is 5.90. The van der Waals surface area contributed by atoms with Crippen LogP contribution in [0.1, 0.15) is 12.7 Å². The summed E-state index contributed by atoms with van der Waals surface area (Å²) in [6, 6.07) is 0.562. The van der Waals surface area contributed by atoms with Gasteiger partial charge in [-0.05, 0) is 14.0 Å². The van der Waals surface area contributed by atoms with E-state index >= 15 is 0 Å². The van der Waals surface area contributed by atoms with E-state index in [0.717, 1.165) is 58.2 Å². The lowest BCUT2D eigenvalue weighted by Crippen LogP contribution is -2.55. The van der Waals surface area contributed by atoms with Gasteiger partial charge in [0.05, 0.1) is 19.3 Å². The first-order valence-corrected chi connectivity index (χ1v) is 8.34. The number of aryl methyl sites for hydroxylation is 1. The second kappa shape index (κ2) is 7.08. The standard InChI is InChI=1S/C16H29N5O/c1-14-10-20(12-15-11-18(2)8-9-22-15)6-7-21(14)13-16-17-4-5-19(16)3/h4-5,14-15H,6-13H2,1-3H3/t14-,15-/m0/s1. The van der Waals surface area contributed by atoms with E-state index in [0.29, 0.717) is 12.1 Å². The van der Waals surface area contributed by atoms with Gasteiger partial charge in [0, 0.05) is 64.8 Å². The van der Waals surface area contributed by atoms with Gasteiger partial charge in [-0.15, -0.1) is 0 Å². The second-order valence-corrected chi connectivity index (χ2v) is 6.79. The average Bonchev–Trinajstić information content (AvgIpc) is 2.87. The Kier molecular flexibility index (Phi) is 5.13. The van der Waals surface area contributed by atoms with Crippen LogP contribution >= 0.6 is 0 Å². The lowest BCUT2D eigenvalue weighted by molar-refractivity contribution is -0.0460. The third-order valence-electron chi connectivity index (χ3n) is 4.92. The molecule has 2 saturated heterocycles. The molecule has 0 saturated carbocycles. The Morgan fingerprint density at radius 3 is 2.77 bits per heavy atom. The number of piperazine rings is 1. The Labute approximate surface area is 133 Å². The molecule has 2 aliphatic heterocycles. The van der Waals surface area contributed by atoms with Crippen molar-refractivity contribution in [1.29, 1.82) is 0 Å². The zero-order valence-electron chi connectivity index (χ0n) is 14.1. The molecule has 0 amide bonds. The second-order valence-electron chi connectivity index (χ2n) is 6.79. The van der Waals surface area contributed by atoms with Crippen LogP contribution in [0, 0.1) is 0 Å². The van der Waals surface area contributed by atoms with Gasteiger partial charge in [0.1, 0.15) is 5.82 Å². The number of rotatable bonds is 4. The van der Waals surface area contributed by atoms with Gasteiger partial charge < -0.3 is 14.2 Å². The summed E-state index contributed by atoms with van der Waals surface area (Å²) in [5.74, 6) is 1.15. The molecule has 0 unspecified atom stereocenters. The van der Waals surface area contributed by atoms with Crippen LogP contribution in [0.4, 0.5) is 0 Å². The highest BCUT2D eigenvalue weighted by Gasteiger charge is 2.27. The summed E-state index contributed by atoms with van der Waals surface area (Å²) < 4.78 is 8.02. The van der Waals surface area contributed by atoms with Crippen molar-refractivity contribution in [3.8, 4) is 0 Å². The van der Waals surface area contributed by atoms with Crippen molar-refractivity contribution < 1.29 is 4.74 Å². The van der Waals surface area contributed by atoms with Crippen LogP contribution in [-0.2, 0) is 18.3 Å². The van der Waals surface area contributed by atoms with E-state index in [9.17, 15) is 0 Å². The van der Waals surface area contributed by atoms with Crippen LogP contribution in [0.2, 0.25) is 0 Å². The molecule has 3 heterocycles. The van der Waals surface area contributed by atoms with Crippen LogP contribution in [0.15, 0.2) is 12.4 Å². The van der Waals surface area contributed by atoms with Crippen molar-refractivity contribution >= 4 is 0 Å². The number of hydrogen-bond acceptors (Lipinski definition) is 5. The SMILES string of the molecule is C[C@H]1CN(C[C@@H]2CN(C)CCO2)CCN1Cc1nccn1C. The maximum absolute atomic E-state index is 5.90. The van der Waals surface area contributed by atoms with Gasteiger partial charge in [-0.25, -0.2) is 4.98 Å². The highest BCUT2D eigenvalue weighted by atomic mass is 16.5. The summed E-state index contributed by atoms with van der Waals surface area (Å²) in [4.78, 5) is 11.9. The zero-order valence-corrected chi connectivity index (χ0v) is 14.1. The molecule has 3 rings (SSSR count). The molecule has 2 atom stereocenters. The van der Waals surface area contributed by atoms with E-state index in [1.807, 2.05) is 12.4 Å². The fraction of sp³-hybridized carbons (Fsp3) is 0.812. The fourth-order valence-electron chi connectivity index (χ4n) is 3.47. The van der Waals surface area contributed by atoms with Gasteiger partial charge in [-0.2, -0.15) is 0 Å². The third kappa shape index (κ3) is 3.87. The van der Waals surface area contributed by atoms with Crippen LogP contribution in [-0.4, -0.2) is 89.3 Å². The van der Waals surface area contributed by atoms with Crippen molar-refractivity contribution in [2.75, 3.05) is 52.9 Å². The molecule has 0 N–H and O–H groups in total. The summed E-state index contributed by atoms with van der Waals surface area (Å²) in [6.45, 7) is 10.7. The number of imidazole rings is 1. The quantitative estimate of drug-likeness (QED) is 0.797. The molecule has 1 aromatic heterocycles.